The van der Waals surface area contributed by atoms with E-state index in [9.17, 15) is 9.59 Å². The van der Waals surface area contributed by atoms with Gasteiger partial charge in [0.25, 0.3) is 5.91 Å². The first-order valence-corrected chi connectivity index (χ1v) is 13.7. The lowest BCUT2D eigenvalue weighted by molar-refractivity contribution is 0.0505. The van der Waals surface area contributed by atoms with Crippen LogP contribution in [0.25, 0.3) is 0 Å². The lowest BCUT2D eigenvalue weighted by Crippen LogP contribution is -2.31. The molecule has 210 valence electrons. The number of amides is 1. The van der Waals surface area contributed by atoms with E-state index >= 15 is 0 Å². The van der Waals surface area contributed by atoms with Gasteiger partial charge < -0.3 is 19.3 Å². The first-order chi connectivity index (χ1) is 20.5. The van der Waals surface area contributed by atoms with Crippen LogP contribution in [0, 0.1) is 6.92 Å². The monoisotopic (exact) mass is 556 g/mol. The van der Waals surface area contributed by atoms with Crippen molar-refractivity contribution in [2.24, 2.45) is 0 Å². The number of likely N-dealkylation sites (N-methyl/N-ethyl adjacent to an activating group) is 1. The highest BCUT2D eigenvalue weighted by Crippen LogP contribution is 2.25. The van der Waals surface area contributed by atoms with Gasteiger partial charge in [0.1, 0.15) is 18.1 Å². The highest BCUT2D eigenvalue weighted by molar-refractivity contribution is 5.96. The molecule has 42 heavy (non-hydrogen) atoms. The number of ether oxygens (including phenoxy) is 2. The molecule has 1 heterocycles. The summed E-state index contributed by atoms with van der Waals surface area (Å²) in [4.78, 5) is 30.3. The summed E-state index contributed by atoms with van der Waals surface area (Å²) < 4.78 is 11.9. The van der Waals surface area contributed by atoms with E-state index in [0.717, 1.165) is 16.7 Å². The smallest absolute Gasteiger partial charge is 0.344 e. The van der Waals surface area contributed by atoms with Crippen molar-refractivity contribution < 1.29 is 19.1 Å². The Hall–Kier alpha value is -5.36. The molecule has 0 fully saturated rings. The van der Waals surface area contributed by atoms with Gasteiger partial charge in [0.15, 0.2) is 0 Å². The zero-order valence-electron chi connectivity index (χ0n) is 23.6. The standard InChI is InChI=1S/C36H32N2O4/c1-27-16-18-31(19-17-27)36(40)42-35-33(15-9-10-24-38(35)25-28-11-5-3-6-12-28)37(2)34(39)30-20-22-32(23-21-30)41-26-29-13-7-4-8-14-29/h3-24H,25-26H2,1-2H3. The van der Waals surface area contributed by atoms with Gasteiger partial charge in [-0.1, -0.05) is 84.4 Å². The molecule has 5 rings (SSSR count). The Balaban J connectivity index is 1.41. The van der Waals surface area contributed by atoms with Crippen molar-refractivity contribution in [2.75, 3.05) is 7.05 Å². The van der Waals surface area contributed by atoms with Crippen LogP contribution in [0.15, 0.2) is 145 Å². The summed E-state index contributed by atoms with van der Waals surface area (Å²) in [6, 6.07) is 34.0. The summed E-state index contributed by atoms with van der Waals surface area (Å²) in [5.74, 6) is 0.158. The lowest BCUT2D eigenvalue weighted by atomic mass is 10.1. The number of allylic oxidation sites excluding steroid dienone is 3. The maximum atomic E-state index is 13.7. The second-order valence-corrected chi connectivity index (χ2v) is 9.92. The van der Waals surface area contributed by atoms with Crippen molar-refractivity contribution >= 4 is 11.9 Å². The summed E-state index contributed by atoms with van der Waals surface area (Å²) in [5, 5.41) is 0. The first kappa shape index (κ1) is 28.2. The van der Waals surface area contributed by atoms with Gasteiger partial charge in [0.05, 0.1) is 12.1 Å². The first-order valence-electron chi connectivity index (χ1n) is 13.7. The SMILES string of the molecule is Cc1ccc(C(=O)OC2=C(N(C)C(=O)c3ccc(OCc4ccccc4)cc3)C=CC=CN2Cc2ccccc2)cc1. The van der Waals surface area contributed by atoms with Crippen molar-refractivity contribution in [1.29, 1.82) is 0 Å². The molecular formula is C36H32N2O4. The largest absolute Gasteiger partial charge is 0.489 e. The molecule has 6 heteroatoms. The summed E-state index contributed by atoms with van der Waals surface area (Å²) >= 11 is 0. The van der Waals surface area contributed by atoms with Crippen LogP contribution in [0.3, 0.4) is 0 Å². The fraction of sp³-hybridized carbons (Fsp3) is 0.111. The molecule has 0 aromatic heterocycles. The quantitative estimate of drug-likeness (QED) is 0.203. The van der Waals surface area contributed by atoms with Crippen molar-refractivity contribution in [3.63, 3.8) is 0 Å². The van der Waals surface area contributed by atoms with E-state index in [-0.39, 0.29) is 11.8 Å². The topological polar surface area (TPSA) is 59.1 Å². The van der Waals surface area contributed by atoms with E-state index in [1.54, 1.807) is 49.5 Å². The summed E-state index contributed by atoms with van der Waals surface area (Å²) in [5.41, 5.74) is 4.47. The van der Waals surface area contributed by atoms with Gasteiger partial charge in [-0.25, -0.2) is 4.79 Å². The van der Waals surface area contributed by atoms with Crippen LogP contribution < -0.4 is 4.74 Å². The van der Waals surface area contributed by atoms with Crippen LogP contribution in [0.2, 0.25) is 0 Å². The second-order valence-electron chi connectivity index (χ2n) is 9.92. The van der Waals surface area contributed by atoms with Gasteiger partial charge in [-0.15, -0.1) is 0 Å². The Labute approximate surface area is 246 Å². The third-order valence-electron chi connectivity index (χ3n) is 6.80. The van der Waals surface area contributed by atoms with Gasteiger partial charge in [0.2, 0.25) is 5.88 Å². The third kappa shape index (κ3) is 7.04. The molecule has 1 aliphatic rings. The molecule has 4 aromatic rings. The molecule has 0 spiro atoms. The number of nitrogens with zero attached hydrogens (tertiary/aromatic N) is 2. The molecule has 0 saturated carbocycles. The van der Waals surface area contributed by atoms with E-state index in [1.165, 1.54) is 4.90 Å². The van der Waals surface area contributed by atoms with Crippen LogP contribution >= 0.6 is 0 Å². The average molecular weight is 557 g/mol. The van der Waals surface area contributed by atoms with Crippen molar-refractivity contribution in [3.8, 4) is 5.75 Å². The zero-order chi connectivity index (χ0) is 29.3. The molecule has 0 aliphatic carbocycles. The summed E-state index contributed by atoms with van der Waals surface area (Å²) in [6.45, 7) is 2.83. The molecule has 0 unspecified atom stereocenters. The highest BCUT2D eigenvalue weighted by atomic mass is 16.6. The fourth-order valence-electron chi connectivity index (χ4n) is 4.43. The van der Waals surface area contributed by atoms with Crippen LogP contribution in [0.1, 0.15) is 37.4 Å². The number of hydrogen-bond donors (Lipinski definition) is 0. The summed E-state index contributed by atoms with van der Waals surface area (Å²) in [7, 11) is 1.67. The van der Waals surface area contributed by atoms with E-state index < -0.39 is 5.97 Å². The molecule has 0 saturated heterocycles. The maximum absolute atomic E-state index is 13.7. The average Bonchev–Trinajstić information content (AvgIpc) is 3.22. The minimum absolute atomic E-state index is 0.255. The number of carbonyl (C=O) groups is 2. The summed E-state index contributed by atoms with van der Waals surface area (Å²) in [6.07, 6.45) is 7.29. The Kier molecular flexibility index (Phi) is 8.94. The van der Waals surface area contributed by atoms with Gasteiger partial charge in [-0.3, -0.25) is 4.79 Å². The van der Waals surface area contributed by atoms with Gasteiger partial charge in [-0.05, 0) is 66.6 Å². The van der Waals surface area contributed by atoms with Crippen LogP contribution in [0.5, 0.6) is 5.75 Å². The molecule has 6 nitrogen and oxygen atoms in total. The minimum atomic E-state index is -0.509. The predicted molar refractivity (Wildman–Crippen MR) is 163 cm³/mol. The van der Waals surface area contributed by atoms with E-state index in [1.807, 2.05) is 103 Å². The number of esters is 1. The minimum Gasteiger partial charge on any atom is -0.489 e. The third-order valence-corrected chi connectivity index (χ3v) is 6.80. The number of carbonyl (C=O) groups excluding carboxylic acids is 2. The Bertz CT molecular complexity index is 1610. The van der Waals surface area contributed by atoms with Crippen molar-refractivity contribution in [3.05, 3.63) is 173 Å². The number of rotatable bonds is 9. The van der Waals surface area contributed by atoms with Crippen molar-refractivity contribution in [1.82, 2.24) is 9.80 Å². The predicted octanol–water partition coefficient (Wildman–Crippen LogP) is 7.26. The number of hydrogen-bond acceptors (Lipinski definition) is 5. The van der Waals surface area contributed by atoms with Crippen LogP contribution in [-0.2, 0) is 17.9 Å². The molecule has 1 aliphatic heterocycles. The molecule has 0 radical (unpaired) electrons. The zero-order valence-corrected chi connectivity index (χ0v) is 23.6. The molecular weight excluding hydrogens is 524 g/mol. The molecule has 0 N–H and O–H groups in total. The Morgan fingerprint density at radius 2 is 1.36 bits per heavy atom. The Morgan fingerprint density at radius 3 is 2.02 bits per heavy atom. The van der Waals surface area contributed by atoms with Gasteiger partial charge in [0, 0.05) is 18.8 Å². The maximum Gasteiger partial charge on any atom is 0.344 e. The van der Waals surface area contributed by atoms with Gasteiger partial charge in [-0.2, -0.15) is 0 Å². The van der Waals surface area contributed by atoms with Crippen LogP contribution in [0.4, 0.5) is 0 Å². The van der Waals surface area contributed by atoms with Crippen LogP contribution in [-0.4, -0.2) is 28.7 Å². The highest BCUT2D eigenvalue weighted by Gasteiger charge is 2.25. The van der Waals surface area contributed by atoms with E-state index in [0.29, 0.717) is 35.7 Å². The van der Waals surface area contributed by atoms with E-state index in [4.69, 9.17) is 9.47 Å². The molecule has 1 amide bonds. The normalized spacial score (nSPS) is 12.6. The number of benzene rings is 4. The van der Waals surface area contributed by atoms with Gasteiger partial charge >= 0.3 is 5.97 Å². The molecule has 0 atom stereocenters. The lowest BCUT2D eigenvalue weighted by Gasteiger charge is -2.27. The molecule has 4 aromatic carbocycles. The number of aryl methyl sites for hydroxylation is 1. The fourth-order valence-corrected chi connectivity index (χ4v) is 4.43. The second kappa shape index (κ2) is 13.3. The van der Waals surface area contributed by atoms with Crippen molar-refractivity contribution in [2.45, 2.75) is 20.1 Å². The van der Waals surface area contributed by atoms with E-state index in [2.05, 4.69) is 0 Å². The Morgan fingerprint density at radius 1 is 0.738 bits per heavy atom. The molecule has 0 bridgehead atoms.